The van der Waals surface area contributed by atoms with Gasteiger partial charge in [0.25, 0.3) is 5.91 Å². The first-order chi connectivity index (χ1) is 14.9. The summed E-state index contributed by atoms with van der Waals surface area (Å²) in [4.78, 5) is 25.7. The molecule has 9 heteroatoms. The number of rotatable bonds is 6. The number of hydrogen-bond donors (Lipinski definition) is 1. The number of ether oxygens (including phenoxy) is 2. The zero-order valence-corrected chi connectivity index (χ0v) is 19.0. The zero-order valence-electron chi connectivity index (χ0n) is 16.6. The molecule has 0 aromatic heterocycles. The molecule has 160 valence electrons. The van der Waals surface area contributed by atoms with Crippen molar-refractivity contribution in [2.75, 3.05) is 13.2 Å². The molecule has 0 radical (unpaired) electrons. The summed E-state index contributed by atoms with van der Waals surface area (Å²) in [5.74, 6) is 1.04. The Bertz CT molecular complexity index is 1070. The van der Waals surface area contributed by atoms with Gasteiger partial charge in [0, 0.05) is 6.54 Å². The number of hydrogen-bond acceptors (Lipinski definition) is 6. The van der Waals surface area contributed by atoms with Gasteiger partial charge in [0.2, 0.25) is 0 Å². The Kier molecular flexibility index (Phi) is 6.50. The molecule has 2 aliphatic rings. The third-order valence-electron chi connectivity index (χ3n) is 4.95. The van der Waals surface area contributed by atoms with Crippen LogP contribution in [0.15, 0.2) is 47.4 Å². The normalized spacial score (nSPS) is 19.7. The molecule has 1 atom stereocenters. The van der Waals surface area contributed by atoms with Crippen LogP contribution in [-0.2, 0) is 16.0 Å². The maximum Gasteiger partial charge on any atom is 0.410 e. The number of likely N-dealkylation sites (N-methyl/N-ethyl adjacent to an activating group) is 1. The van der Waals surface area contributed by atoms with Crippen molar-refractivity contribution in [1.29, 1.82) is 0 Å². The summed E-state index contributed by atoms with van der Waals surface area (Å²) in [6.45, 7) is 2.99. The van der Waals surface area contributed by atoms with Crippen LogP contribution in [0.5, 0.6) is 11.5 Å². The largest absolute Gasteiger partial charge is 0.457 e. The van der Waals surface area contributed by atoms with Crippen LogP contribution >= 0.6 is 35.6 Å². The van der Waals surface area contributed by atoms with Crippen LogP contribution in [-0.4, -0.2) is 40.4 Å². The second kappa shape index (κ2) is 9.30. The molecule has 0 saturated carbocycles. The zero-order chi connectivity index (χ0) is 22.0. The topological polar surface area (TPSA) is 67.9 Å². The Hall–Kier alpha value is -2.55. The summed E-state index contributed by atoms with van der Waals surface area (Å²) < 4.78 is 11.5. The van der Waals surface area contributed by atoms with E-state index < -0.39 is 0 Å². The van der Waals surface area contributed by atoms with Gasteiger partial charge >= 0.3 is 6.09 Å². The third kappa shape index (κ3) is 5.03. The molecule has 4 rings (SSSR count). The smallest absolute Gasteiger partial charge is 0.410 e. The van der Waals surface area contributed by atoms with Crippen LogP contribution in [0.2, 0.25) is 5.02 Å². The number of nitrogens with one attached hydrogen (secondary N) is 1. The highest BCUT2D eigenvalue weighted by molar-refractivity contribution is 8.26. The second-order valence-electron chi connectivity index (χ2n) is 7.00. The van der Waals surface area contributed by atoms with E-state index in [0.717, 1.165) is 12.0 Å². The minimum Gasteiger partial charge on any atom is -0.457 e. The molecule has 0 aliphatic carbocycles. The first-order valence-corrected chi connectivity index (χ1v) is 11.3. The number of thioether (sulfide) groups is 1. The predicted octanol–water partition coefficient (Wildman–Crippen LogP) is 5.00. The summed E-state index contributed by atoms with van der Waals surface area (Å²) >= 11 is 12.6. The summed E-state index contributed by atoms with van der Waals surface area (Å²) in [5, 5.41) is 3.05. The standard InChI is InChI=1S/C22H19ClN2O4S2/c1-2-25-15(12-28-22(25)27)9-13-3-6-16(7-4-13)29-17-8-5-14(18(23)11-17)10-19-20(26)24-21(30)31-19/h3-8,10-11,15H,2,9,12H2,1H3,(H,24,26,30)/b19-10+. The van der Waals surface area contributed by atoms with E-state index in [-0.39, 0.29) is 18.0 Å². The van der Waals surface area contributed by atoms with Gasteiger partial charge in [0.05, 0.1) is 16.0 Å². The first-order valence-electron chi connectivity index (χ1n) is 9.67. The third-order valence-corrected chi connectivity index (χ3v) is 6.44. The number of halogens is 1. The number of thiocarbonyl (C=S) groups is 1. The lowest BCUT2D eigenvalue weighted by Crippen LogP contribution is -2.34. The van der Waals surface area contributed by atoms with E-state index in [1.54, 1.807) is 29.2 Å². The van der Waals surface area contributed by atoms with Crippen molar-refractivity contribution >= 4 is 58.0 Å². The van der Waals surface area contributed by atoms with Gasteiger partial charge in [0.15, 0.2) is 0 Å². The number of carbonyl (C=O) groups is 2. The van der Waals surface area contributed by atoms with Gasteiger partial charge in [-0.05, 0) is 60.9 Å². The summed E-state index contributed by atoms with van der Waals surface area (Å²) in [6, 6.07) is 13.1. The molecule has 1 N–H and O–H groups in total. The Morgan fingerprint density at radius 1 is 1.26 bits per heavy atom. The van der Waals surface area contributed by atoms with Crippen molar-refractivity contribution in [2.45, 2.75) is 19.4 Å². The lowest BCUT2D eigenvalue weighted by atomic mass is 10.1. The fourth-order valence-corrected chi connectivity index (χ4v) is 4.66. The summed E-state index contributed by atoms with van der Waals surface area (Å²) in [7, 11) is 0. The predicted molar refractivity (Wildman–Crippen MR) is 125 cm³/mol. The average molecular weight is 475 g/mol. The van der Waals surface area contributed by atoms with Gasteiger partial charge in [-0.1, -0.05) is 47.7 Å². The Labute approximate surface area is 194 Å². The molecule has 31 heavy (non-hydrogen) atoms. The number of carbonyl (C=O) groups excluding carboxylic acids is 2. The molecule has 1 unspecified atom stereocenters. The Morgan fingerprint density at radius 3 is 2.65 bits per heavy atom. The van der Waals surface area contributed by atoms with Crippen LogP contribution < -0.4 is 10.1 Å². The van der Waals surface area contributed by atoms with E-state index in [0.29, 0.717) is 44.5 Å². The highest BCUT2D eigenvalue weighted by Gasteiger charge is 2.31. The molecule has 2 aromatic rings. The van der Waals surface area contributed by atoms with E-state index in [9.17, 15) is 9.59 Å². The first kappa shape index (κ1) is 21.7. The Balaban J connectivity index is 1.41. The molecule has 2 fully saturated rings. The molecular formula is C22H19ClN2O4S2. The molecule has 0 bridgehead atoms. The molecule has 2 saturated heterocycles. The molecule has 2 heterocycles. The van der Waals surface area contributed by atoms with E-state index >= 15 is 0 Å². The fourth-order valence-electron chi connectivity index (χ4n) is 3.40. The van der Waals surface area contributed by atoms with Gasteiger partial charge in [-0.3, -0.25) is 4.79 Å². The minimum atomic E-state index is -0.252. The number of benzene rings is 2. The van der Waals surface area contributed by atoms with Gasteiger partial charge < -0.3 is 19.7 Å². The van der Waals surface area contributed by atoms with E-state index in [2.05, 4.69) is 5.32 Å². The lowest BCUT2D eigenvalue weighted by Gasteiger charge is -2.19. The highest BCUT2D eigenvalue weighted by atomic mass is 35.5. The molecule has 2 aliphatic heterocycles. The van der Waals surface area contributed by atoms with Gasteiger partial charge in [-0.25, -0.2) is 4.79 Å². The molecule has 2 aromatic carbocycles. The van der Waals surface area contributed by atoms with E-state index in [1.807, 2.05) is 31.2 Å². The quantitative estimate of drug-likeness (QED) is 0.469. The van der Waals surface area contributed by atoms with Crippen LogP contribution in [0.3, 0.4) is 0 Å². The van der Waals surface area contributed by atoms with Crippen molar-refractivity contribution in [3.63, 3.8) is 0 Å². The van der Waals surface area contributed by atoms with Crippen LogP contribution in [0.4, 0.5) is 4.79 Å². The van der Waals surface area contributed by atoms with Crippen molar-refractivity contribution < 1.29 is 19.1 Å². The fraction of sp³-hybridized carbons (Fsp3) is 0.227. The summed E-state index contributed by atoms with van der Waals surface area (Å²) in [6.07, 6.45) is 2.18. The Morgan fingerprint density at radius 2 is 2.00 bits per heavy atom. The van der Waals surface area contributed by atoms with Crippen LogP contribution in [0.25, 0.3) is 6.08 Å². The number of amides is 2. The van der Waals surface area contributed by atoms with Gasteiger partial charge in [-0.15, -0.1) is 0 Å². The van der Waals surface area contributed by atoms with Crippen LogP contribution in [0.1, 0.15) is 18.1 Å². The maximum absolute atomic E-state index is 11.8. The van der Waals surface area contributed by atoms with Crippen molar-refractivity contribution in [1.82, 2.24) is 10.2 Å². The van der Waals surface area contributed by atoms with Gasteiger partial charge in [0.1, 0.15) is 22.4 Å². The summed E-state index contributed by atoms with van der Waals surface area (Å²) in [5.41, 5.74) is 1.81. The van der Waals surface area contributed by atoms with Crippen molar-refractivity contribution in [3.05, 3.63) is 63.5 Å². The monoisotopic (exact) mass is 474 g/mol. The second-order valence-corrected chi connectivity index (χ2v) is 9.13. The van der Waals surface area contributed by atoms with Crippen LogP contribution in [0, 0.1) is 0 Å². The van der Waals surface area contributed by atoms with Crippen molar-refractivity contribution in [2.24, 2.45) is 0 Å². The molecular weight excluding hydrogens is 456 g/mol. The SMILES string of the molecule is CCN1C(=O)OCC1Cc1ccc(Oc2ccc(/C=C3/SC(=S)NC3=O)c(Cl)c2)cc1. The number of cyclic esters (lactones) is 1. The maximum atomic E-state index is 11.8. The number of nitrogens with zero attached hydrogens (tertiary/aromatic N) is 1. The molecule has 6 nitrogen and oxygen atoms in total. The average Bonchev–Trinajstić information content (AvgIpc) is 3.25. The van der Waals surface area contributed by atoms with E-state index in [1.165, 1.54) is 11.8 Å². The lowest BCUT2D eigenvalue weighted by molar-refractivity contribution is -0.115. The minimum absolute atomic E-state index is 0.0548. The molecule has 2 amide bonds. The van der Waals surface area contributed by atoms with Crippen molar-refractivity contribution in [3.8, 4) is 11.5 Å². The van der Waals surface area contributed by atoms with Gasteiger partial charge in [-0.2, -0.15) is 0 Å². The van der Waals surface area contributed by atoms with E-state index in [4.69, 9.17) is 33.3 Å². The highest BCUT2D eigenvalue weighted by Crippen LogP contribution is 2.32. The molecule has 0 spiro atoms.